The van der Waals surface area contributed by atoms with E-state index in [1.165, 1.54) is 0 Å². The Morgan fingerprint density at radius 2 is 1.07 bits per heavy atom. The van der Waals surface area contributed by atoms with Crippen molar-refractivity contribution in [1.29, 1.82) is 0 Å². The first-order chi connectivity index (χ1) is 20.0. The van der Waals surface area contributed by atoms with Gasteiger partial charge in [0.15, 0.2) is 0 Å². The van der Waals surface area contributed by atoms with Crippen LogP contribution in [0.1, 0.15) is 40.5 Å². The third-order valence-electron chi connectivity index (χ3n) is 4.28. The number of hydrogen-bond donors (Lipinski definition) is 0. The van der Waals surface area contributed by atoms with Crippen molar-refractivity contribution in [2.24, 2.45) is 11.8 Å². The number of hydrogen-bond acceptors (Lipinski definition) is 6. The van der Waals surface area contributed by atoms with E-state index in [1.54, 1.807) is 12.1 Å². The topological polar surface area (TPSA) is 71.1 Å². The summed E-state index contributed by atoms with van der Waals surface area (Å²) >= 11 is 0. The van der Waals surface area contributed by atoms with Crippen molar-refractivity contribution < 1.29 is 67.8 Å². The maximum Gasteiger partial charge on any atom is 4.00 e. The summed E-state index contributed by atoms with van der Waals surface area (Å²) in [6.07, 6.45) is 18.0. The van der Waals surface area contributed by atoms with Crippen molar-refractivity contribution in [2.75, 3.05) is 13.2 Å². The number of benzene rings is 2. The zero-order valence-corrected chi connectivity index (χ0v) is 25.8. The molecule has 0 aromatic heterocycles. The molecule has 2 aliphatic rings. The summed E-state index contributed by atoms with van der Waals surface area (Å²) < 4.78 is 69.3. The second-order valence-corrected chi connectivity index (χ2v) is 9.09. The van der Waals surface area contributed by atoms with Gasteiger partial charge in [0.1, 0.15) is 0 Å². The maximum atomic E-state index is 13.0. The van der Waals surface area contributed by atoms with Crippen molar-refractivity contribution in [3.8, 4) is 11.5 Å². The number of carbonyl (C=O) groups excluding carboxylic acids is 2. The molecule has 0 aliphatic heterocycles. The van der Waals surface area contributed by atoms with Crippen molar-refractivity contribution >= 4 is 12.3 Å². The zero-order valence-electron chi connectivity index (χ0n) is 24.2. The predicted molar refractivity (Wildman–Crippen MR) is 147 cm³/mol. The fourth-order valence-electron chi connectivity index (χ4n) is 2.41. The smallest absolute Gasteiger partial charge is 0.456 e. The molecule has 2 aromatic rings. The largest absolute Gasteiger partial charge is 4.00 e. The molecular formula is C32H32F4O6Ti. The molecule has 0 spiro atoms. The Hall–Kier alpha value is -3.63. The van der Waals surface area contributed by atoms with Gasteiger partial charge in [-0.05, 0) is 11.8 Å². The molecule has 0 radical (unpaired) electrons. The molecule has 0 heterocycles. The fourth-order valence-corrected chi connectivity index (χ4v) is 2.41. The van der Waals surface area contributed by atoms with Crippen LogP contribution in [0.4, 0.5) is 27.2 Å². The van der Waals surface area contributed by atoms with Crippen LogP contribution in [0.15, 0.2) is 60.7 Å². The molecule has 0 saturated heterocycles. The SMILES string of the molecule is CC(C)COC(=O)Oc1ccc(F)[c-]c1F.CC(C)COC(=O)Oc1ccc(F)[c-]c1F.[C-]1=CC=CC1.[C-]1=CC=CC1.[Ti+4]. The molecule has 6 nitrogen and oxygen atoms in total. The summed E-state index contributed by atoms with van der Waals surface area (Å²) in [5.74, 6) is -4.37. The average Bonchev–Trinajstić information content (AvgIpc) is 3.70. The van der Waals surface area contributed by atoms with Gasteiger partial charge in [0.25, 0.3) is 0 Å². The molecule has 0 N–H and O–H groups in total. The molecule has 4 rings (SSSR count). The van der Waals surface area contributed by atoms with Crippen LogP contribution < -0.4 is 9.47 Å². The van der Waals surface area contributed by atoms with Crippen molar-refractivity contribution in [2.45, 2.75) is 40.5 Å². The Kier molecular flexibility index (Phi) is 21.0. The molecule has 2 aliphatic carbocycles. The monoisotopic (exact) mass is 636 g/mol. The van der Waals surface area contributed by atoms with Crippen LogP contribution in [-0.4, -0.2) is 25.5 Å². The second kappa shape index (κ2) is 22.9. The van der Waals surface area contributed by atoms with Gasteiger partial charge in [-0.1, -0.05) is 27.7 Å². The molecular weight excluding hydrogens is 604 g/mol. The van der Waals surface area contributed by atoms with E-state index in [-0.39, 0.29) is 46.8 Å². The third kappa shape index (κ3) is 20.0. The molecule has 2 aromatic carbocycles. The Morgan fingerprint density at radius 3 is 1.30 bits per heavy atom. The van der Waals surface area contributed by atoms with Crippen LogP contribution in [0.3, 0.4) is 0 Å². The summed E-state index contributed by atoms with van der Waals surface area (Å²) in [5.41, 5.74) is 0. The second-order valence-electron chi connectivity index (χ2n) is 9.09. The molecule has 0 saturated carbocycles. The molecule has 0 atom stereocenters. The van der Waals surface area contributed by atoms with Crippen LogP contribution in [0.25, 0.3) is 0 Å². The fraction of sp³-hybridized carbons (Fsp3) is 0.312. The first-order valence-corrected chi connectivity index (χ1v) is 12.8. The van der Waals surface area contributed by atoms with E-state index in [9.17, 15) is 27.2 Å². The zero-order chi connectivity index (χ0) is 31.3. The molecule has 0 bridgehead atoms. The van der Waals surface area contributed by atoms with Gasteiger partial charge in [0.05, 0.1) is 36.3 Å². The van der Waals surface area contributed by atoms with Crippen molar-refractivity contribution in [1.82, 2.24) is 0 Å². The van der Waals surface area contributed by atoms with Gasteiger partial charge >= 0.3 is 34.0 Å². The van der Waals surface area contributed by atoms with Gasteiger partial charge in [-0.15, -0.1) is 49.2 Å². The van der Waals surface area contributed by atoms with Crippen LogP contribution >= 0.6 is 0 Å². The Balaban J connectivity index is 0.000000608. The van der Waals surface area contributed by atoms with E-state index in [0.29, 0.717) is 0 Å². The number of halogens is 4. The minimum atomic E-state index is -1.07. The van der Waals surface area contributed by atoms with E-state index < -0.39 is 47.1 Å². The van der Waals surface area contributed by atoms with Gasteiger partial charge in [-0.3, -0.25) is 12.2 Å². The minimum Gasteiger partial charge on any atom is -0.456 e. The molecule has 0 amide bonds. The van der Waals surface area contributed by atoms with E-state index >= 15 is 0 Å². The average molecular weight is 636 g/mol. The summed E-state index contributed by atoms with van der Waals surface area (Å²) in [4.78, 5) is 22.1. The van der Waals surface area contributed by atoms with Gasteiger partial charge < -0.3 is 18.9 Å². The normalized spacial score (nSPS) is 11.8. The molecule has 0 unspecified atom stereocenters. The quantitative estimate of drug-likeness (QED) is 0.104. The van der Waals surface area contributed by atoms with Gasteiger partial charge in [0, 0.05) is 11.6 Å². The molecule has 228 valence electrons. The van der Waals surface area contributed by atoms with E-state index in [0.717, 1.165) is 37.1 Å². The number of ether oxygens (including phenoxy) is 4. The molecule has 11 heteroatoms. The van der Waals surface area contributed by atoms with Crippen molar-refractivity contribution in [3.63, 3.8) is 0 Å². The number of allylic oxidation sites excluding steroid dienone is 8. The Morgan fingerprint density at radius 1 is 0.698 bits per heavy atom. The van der Waals surface area contributed by atoms with Crippen LogP contribution in [0.2, 0.25) is 0 Å². The molecule has 0 fully saturated rings. The summed E-state index contributed by atoms with van der Waals surface area (Å²) in [5, 5.41) is 0. The summed E-state index contributed by atoms with van der Waals surface area (Å²) in [6.45, 7) is 7.73. The third-order valence-corrected chi connectivity index (χ3v) is 4.28. The van der Waals surface area contributed by atoms with Crippen LogP contribution in [0.5, 0.6) is 11.5 Å². The van der Waals surface area contributed by atoms with Gasteiger partial charge in [0.2, 0.25) is 0 Å². The van der Waals surface area contributed by atoms with E-state index in [2.05, 4.69) is 43.3 Å². The maximum absolute atomic E-state index is 13.0. The van der Waals surface area contributed by atoms with E-state index in [4.69, 9.17) is 0 Å². The molecule has 43 heavy (non-hydrogen) atoms. The minimum absolute atomic E-state index is 0. The summed E-state index contributed by atoms with van der Waals surface area (Å²) in [7, 11) is 0. The summed E-state index contributed by atoms with van der Waals surface area (Å²) in [6, 6.07) is 7.36. The first kappa shape index (κ1) is 39.4. The van der Waals surface area contributed by atoms with Crippen LogP contribution in [-0.2, 0) is 31.2 Å². The Bertz CT molecular complexity index is 1130. The van der Waals surface area contributed by atoms with Gasteiger partial charge in [-0.2, -0.15) is 12.2 Å². The number of carbonyl (C=O) groups is 2. The van der Waals surface area contributed by atoms with Crippen molar-refractivity contribution in [3.05, 3.63) is 108 Å². The van der Waals surface area contributed by atoms with Crippen LogP contribution in [0, 0.1) is 59.4 Å². The first-order valence-electron chi connectivity index (χ1n) is 12.8. The predicted octanol–water partition coefficient (Wildman–Crippen LogP) is 8.48. The van der Waals surface area contributed by atoms with Gasteiger partial charge in [-0.25, -0.2) is 51.5 Å². The Labute approximate surface area is 264 Å². The number of rotatable bonds is 6. The standard InChI is InChI=1S/2C11H11F2O3.2C5H5.Ti/c2*1-7(2)6-15-11(14)16-10-4-3-8(12)5-9(10)13;2*1-2-4-5-3-1;/h2*3-4,7H,6H2,1-2H3;2*1-3H,4H2;/q4*-1;+4. The van der Waals surface area contributed by atoms with E-state index in [1.807, 2.05) is 52.0 Å².